The van der Waals surface area contributed by atoms with E-state index in [9.17, 15) is 14.0 Å². The van der Waals surface area contributed by atoms with Gasteiger partial charge >= 0.3 is 0 Å². The lowest BCUT2D eigenvalue weighted by Gasteiger charge is -2.34. The van der Waals surface area contributed by atoms with Crippen LogP contribution in [0.4, 0.5) is 4.39 Å². The zero-order valence-corrected chi connectivity index (χ0v) is 13.9. The summed E-state index contributed by atoms with van der Waals surface area (Å²) in [4.78, 5) is 26.2. The Bertz CT molecular complexity index is 551. The zero-order chi connectivity index (χ0) is 17.4. The van der Waals surface area contributed by atoms with E-state index in [1.807, 2.05) is 4.90 Å². The predicted octanol–water partition coefficient (Wildman–Crippen LogP) is 0.669. The van der Waals surface area contributed by atoms with Gasteiger partial charge in [-0.3, -0.25) is 14.5 Å². The van der Waals surface area contributed by atoms with Crippen molar-refractivity contribution in [2.24, 2.45) is 0 Å². The molecule has 2 rings (SSSR count). The van der Waals surface area contributed by atoms with Crippen molar-refractivity contribution in [2.45, 2.75) is 25.4 Å². The van der Waals surface area contributed by atoms with Crippen LogP contribution < -0.4 is 10.6 Å². The number of methoxy groups -OCH3 is 1. The van der Waals surface area contributed by atoms with Gasteiger partial charge in [0, 0.05) is 39.9 Å². The second-order valence-electron chi connectivity index (χ2n) is 5.80. The smallest absolute Gasteiger partial charge is 0.237 e. The number of amides is 2. The SMILES string of the molecule is COCCCNC(=O)CC1C(=O)NCCN1Cc1ccc(F)cc1. The molecule has 1 unspecified atom stereocenters. The van der Waals surface area contributed by atoms with Crippen LogP contribution >= 0.6 is 0 Å². The molecule has 1 atom stereocenters. The van der Waals surface area contributed by atoms with Gasteiger partial charge in [-0.05, 0) is 24.1 Å². The van der Waals surface area contributed by atoms with E-state index in [1.54, 1.807) is 19.2 Å². The van der Waals surface area contributed by atoms with Gasteiger partial charge in [0.25, 0.3) is 0 Å². The van der Waals surface area contributed by atoms with Crippen molar-refractivity contribution in [2.75, 3.05) is 33.4 Å². The summed E-state index contributed by atoms with van der Waals surface area (Å²) in [6.45, 7) is 2.83. The van der Waals surface area contributed by atoms with Crippen LogP contribution in [0.2, 0.25) is 0 Å². The highest BCUT2D eigenvalue weighted by Crippen LogP contribution is 2.14. The number of carbonyl (C=O) groups is 2. The van der Waals surface area contributed by atoms with E-state index in [2.05, 4.69) is 10.6 Å². The highest BCUT2D eigenvalue weighted by Gasteiger charge is 2.31. The highest BCUT2D eigenvalue weighted by molar-refractivity contribution is 5.88. The molecule has 1 heterocycles. The largest absolute Gasteiger partial charge is 0.385 e. The third-order valence-corrected chi connectivity index (χ3v) is 3.97. The summed E-state index contributed by atoms with van der Waals surface area (Å²) < 4.78 is 17.9. The molecule has 0 aliphatic carbocycles. The summed E-state index contributed by atoms with van der Waals surface area (Å²) >= 11 is 0. The lowest BCUT2D eigenvalue weighted by Crippen LogP contribution is -2.56. The number of rotatable bonds is 8. The number of nitrogens with one attached hydrogen (secondary N) is 2. The molecule has 1 aliphatic heterocycles. The normalized spacial score (nSPS) is 18.2. The summed E-state index contributed by atoms with van der Waals surface area (Å²) in [5.74, 6) is -0.588. The molecule has 1 fully saturated rings. The standard InChI is InChI=1S/C17H24FN3O3/c1-24-10-2-7-19-16(22)11-15-17(23)20-8-9-21(15)12-13-3-5-14(18)6-4-13/h3-6,15H,2,7-12H2,1H3,(H,19,22)(H,20,23). The van der Waals surface area contributed by atoms with Crippen LogP contribution in [-0.2, 0) is 20.9 Å². The fourth-order valence-electron chi connectivity index (χ4n) is 2.69. The van der Waals surface area contributed by atoms with E-state index in [0.717, 1.165) is 12.0 Å². The van der Waals surface area contributed by atoms with Gasteiger partial charge in [-0.2, -0.15) is 0 Å². The fourth-order valence-corrected chi connectivity index (χ4v) is 2.69. The Balaban J connectivity index is 1.91. The molecule has 0 bridgehead atoms. The van der Waals surface area contributed by atoms with Crippen LogP contribution in [0.25, 0.3) is 0 Å². The van der Waals surface area contributed by atoms with E-state index >= 15 is 0 Å². The summed E-state index contributed by atoms with van der Waals surface area (Å²) in [6.07, 6.45) is 0.846. The molecule has 0 radical (unpaired) electrons. The maximum absolute atomic E-state index is 13.0. The van der Waals surface area contributed by atoms with Crippen molar-refractivity contribution >= 4 is 11.8 Å². The first kappa shape index (κ1) is 18.4. The average Bonchev–Trinajstić information content (AvgIpc) is 2.57. The van der Waals surface area contributed by atoms with Crippen LogP contribution in [0, 0.1) is 5.82 Å². The lowest BCUT2D eigenvalue weighted by atomic mass is 10.1. The van der Waals surface area contributed by atoms with Crippen LogP contribution in [0.1, 0.15) is 18.4 Å². The molecule has 1 aliphatic rings. The third kappa shape index (κ3) is 5.58. The first-order valence-electron chi connectivity index (χ1n) is 8.12. The molecular formula is C17H24FN3O3. The molecule has 1 aromatic rings. The van der Waals surface area contributed by atoms with Crippen molar-refractivity contribution in [3.8, 4) is 0 Å². The number of halogens is 1. The van der Waals surface area contributed by atoms with Crippen molar-refractivity contribution in [1.29, 1.82) is 0 Å². The number of ether oxygens (including phenoxy) is 1. The first-order chi connectivity index (χ1) is 11.6. The van der Waals surface area contributed by atoms with Gasteiger partial charge in [0.2, 0.25) is 11.8 Å². The van der Waals surface area contributed by atoms with Gasteiger partial charge in [-0.15, -0.1) is 0 Å². The zero-order valence-electron chi connectivity index (χ0n) is 13.9. The topological polar surface area (TPSA) is 70.7 Å². The van der Waals surface area contributed by atoms with Crippen molar-refractivity contribution in [3.63, 3.8) is 0 Å². The Hall–Kier alpha value is -1.99. The predicted molar refractivity (Wildman–Crippen MR) is 87.7 cm³/mol. The van der Waals surface area contributed by atoms with Gasteiger partial charge in [0.1, 0.15) is 5.82 Å². The third-order valence-electron chi connectivity index (χ3n) is 3.97. The molecule has 0 spiro atoms. The summed E-state index contributed by atoms with van der Waals surface area (Å²) in [6, 6.07) is 5.69. The average molecular weight is 337 g/mol. The second-order valence-corrected chi connectivity index (χ2v) is 5.80. The van der Waals surface area contributed by atoms with Crippen LogP contribution in [0.5, 0.6) is 0 Å². The van der Waals surface area contributed by atoms with Crippen LogP contribution in [-0.4, -0.2) is 56.1 Å². The molecule has 24 heavy (non-hydrogen) atoms. The first-order valence-corrected chi connectivity index (χ1v) is 8.12. The summed E-state index contributed by atoms with van der Waals surface area (Å²) in [5, 5.41) is 5.60. The quantitative estimate of drug-likeness (QED) is 0.684. The number of hydrogen-bond acceptors (Lipinski definition) is 4. The number of hydrogen-bond donors (Lipinski definition) is 2. The molecule has 1 aromatic carbocycles. The van der Waals surface area contributed by atoms with Crippen molar-refractivity contribution in [3.05, 3.63) is 35.6 Å². The van der Waals surface area contributed by atoms with E-state index in [-0.39, 0.29) is 24.1 Å². The van der Waals surface area contributed by atoms with Gasteiger partial charge in [0.15, 0.2) is 0 Å². The second kappa shape index (κ2) is 9.34. The Morgan fingerprint density at radius 1 is 1.42 bits per heavy atom. The fraction of sp³-hybridized carbons (Fsp3) is 0.529. The van der Waals surface area contributed by atoms with Crippen molar-refractivity contribution in [1.82, 2.24) is 15.5 Å². The Morgan fingerprint density at radius 2 is 2.17 bits per heavy atom. The van der Waals surface area contributed by atoms with Gasteiger partial charge in [-0.25, -0.2) is 4.39 Å². The molecule has 0 saturated carbocycles. The monoisotopic (exact) mass is 337 g/mol. The van der Waals surface area contributed by atoms with Crippen LogP contribution in [0.3, 0.4) is 0 Å². The minimum Gasteiger partial charge on any atom is -0.385 e. The van der Waals surface area contributed by atoms with Crippen molar-refractivity contribution < 1.29 is 18.7 Å². The van der Waals surface area contributed by atoms with E-state index < -0.39 is 6.04 Å². The highest BCUT2D eigenvalue weighted by atomic mass is 19.1. The summed E-state index contributed by atoms with van der Waals surface area (Å²) in [7, 11) is 1.61. The minimum absolute atomic E-state index is 0.111. The molecule has 7 heteroatoms. The van der Waals surface area contributed by atoms with E-state index in [4.69, 9.17) is 4.74 Å². The molecule has 1 saturated heterocycles. The van der Waals surface area contributed by atoms with Crippen LogP contribution in [0.15, 0.2) is 24.3 Å². The maximum Gasteiger partial charge on any atom is 0.237 e. The molecule has 132 valence electrons. The number of piperazine rings is 1. The Morgan fingerprint density at radius 3 is 2.88 bits per heavy atom. The van der Waals surface area contributed by atoms with Gasteiger partial charge < -0.3 is 15.4 Å². The molecular weight excluding hydrogens is 313 g/mol. The number of nitrogens with zero attached hydrogens (tertiary/aromatic N) is 1. The number of carbonyl (C=O) groups excluding carboxylic acids is 2. The van der Waals surface area contributed by atoms with Gasteiger partial charge in [0.05, 0.1) is 12.5 Å². The molecule has 6 nitrogen and oxygen atoms in total. The maximum atomic E-state index is 13.0. The molecule has 0 aromatic heterocycles. The van der Waals surface area contributed by atoms with Gasteiger partial charge in [-0.1, -0.05) is 12.1 Å². The lowest BCUT2D eigenvalue weighted by molar-refractivity contribution is -0.134. The van der Waals surface area contributed by atoms with E-state index in [0.29, 0.717) is 32.8 Å². The minimum atomic E-state index is -0.508. The number of benzene rings is 1. The molecule has 2 amide bonds. The van der Waals surface area contributed by atoms with E-state index in [1.165, 1.54) is 12.1 Å². The summed E-state index contributed by atoms with van der Waals surface area (Å²) in [5.41, 5.74) is 0.914. The Labute approximate surface area is 141 Å². The Kier molecular flexibility index (Phi) is 7.14. The molecule has 2 N–H and O–H groups in total.